The van der Waals surface area contributed by atoms with Gasteiger partial charge in [0.15, 0.2) is 0 Å². The first-order valence-corrected chi connectivity index (χ1v) is 5.99. The first-order chi connectivity index (χ1) is 9.17. The highest BCUT2D eigenvalue weighted by Crippen LogP contribution is 2.22. The van der Waals surface area contributed by atoms with Gasteiger partial charge in [-0.1, -0.05) is 13.0 Å². The Morgan fingerprint density at radius 1 is 1.32 bits per heavy atom. The lowest BCUT2D eigenvalue weighted by atomic mass is 10.3. The van der Waals surface area contributed by atoms with E-state index in [0.29, 0.717) is 11.6 Å². The highest BCUT2D eigenvalue weighted by molar-refractivity contribution is 5.43. The van der Waals surface area contributed by atoms with Crippen LogP contribution in [0.15, 0.2) is 30.3 Å². The maximum Gasteiger partial charge on any atom is 0.226 e. The van der Waals surface area contributed by atoms with Gasteiger partial charge in [0.1, 0.15) is 17.4 Å². The van der Waals surface area contributed by atoms with Crippen LogP contribution in [-0.4, -0.2) is 16.5 Å². The Balaban J connectivity index is 2.17. The summed E-state index contributed by atoms with van der Waals surface area (Å²) in [5, 5.41) is 3.09. The number of ether oxygens (including phenoxy) is 1. The largest absolute Gasteiger partial charge is 0.439 e. The van der Waals surface area contributed by atoms with E-state index in [4.69, 9.17) is 10.5 Å². The van der Waals surface area contributed by atoms with E-state index in [1.807, 2.05) is 6.92 Å². The first kappa shape index (κ1) is 13.1. The van der Waals surface area contributed by atoms with Gasteiger partial charge in [0, 0.05) is 18.7 Å². The molecule has 0 unspecified atom stereocenters. The van der Waals surface area contributed by atoms with Crippen LogP contribution in [-0.2, 0) is 0 Å². The third kappa shape index (κ3) is 3.80. The summed E-state index contributed by atoms with van der Waals surface area (Å²) in [6.07, 6.45) is 0.962. The van der Waals surface area contributed by atoms with Gasteiger partial charge in [0.2, 0.25) is 11.8 Å². The van der Waals surface area contributed by atoms with E-state index in [-0.39, 0.29) is 17.6 Å². The van der Waals surface area contributed by atoms with E-state index in [1.165, 1.54) is 12.1 Å². The number of nitrogens with one attached hydrogen (secondary N) is 1. The van der Waals surface area contributed by atoms with Crippen molar-refractivity contribution in [3.63, 3.8) is 0 Å². The van der Waals surface area contributed by atoms with Gasteiger partial charge in [-0.3, -0.25) is 0 Å². The van der Waals surface area contributed by atoms with E-state index in [2.05, 4.69) is 15.3 Å². The monoisotopic (exact) mass is 262 g/mol. The molecule has 0 saturated carbocycles. The number of nitrogen functional groups attached to an aromatic ring is 1. The molecule has 0 spiro atoms. The van der Waals surface area contributed by atoms with Crippen molar-refractivity contribution in [3.8, 4) is 11.6 Å². The third-order valence-corrected chi connectivity index (χ3v) is 2.29. The number of aromatic nitrogens is 2. The minimum Gasteiger partial charge on any atom is -0.439 e. The van der Waals surface area contributed by atoms with Gasteiger partial charge in [-0.2, -0.15) is 9.97 Å². The summed E-state index contributed by atoms with van der Waals surface area (Å²) in [4.78, 5) is 7.98. The zero-order valence-corrected chi connectivity index (χ0v) is 10.6. The van der Waals surface area contributed by atoms with E-state index in [1.54, 1.807) is 18.2 Å². The van der Waals surface area contributed by atoms with Crippen molar-refractivity contribution in [2.75, 3.05) is 17.6 Å². The molecule has 2 rings (SSSR count). The minimum atomic E-state index is -0.371. The highest BCUT2D eigenvalue weighted by atomic mass is 19.1. The summed E-state index contributed by atoms with van der Waals surface area (Å²) in [5.74, 6) is 0.952. The van der Waals surface area contributed by atoms with Gasteiger partial charge in [0.05, 0.1) is 0 Å². The Morgan fingerprint density at radius 2 is 2.16 bits per heavy atom. The maximum absolute atomic E-state index is 13.0. The van der Waals surface area contributed by atoms with Gasteiger partial charge in [-0.25, -0.2) is 4.39 Å². The summed E-state index contributed by atoms with van der Waals surface area (Å²) in [6.45, 7) is 2.82. The summed E-state index contributed by atoms with van der Waals surface area (Å²) in [7, 11) is 0. The fourth-order valence-electron chi connectivity index (χ4n) is 1.49. The van der Waals surface area contributed by atoms with Gasteiger partial charge in [-0.15, -0.1) is 0 Å². The molecule has 0 bridgehead atoms. The molecule has 19 heavy (non-hydrogen) atoms. The Labute approximate surface area is 110 Å². The normalized spacial score (nSPS) is 10.2. The molecule has 0 atom stereocenters. The molecule has 0 saturated heterocycles. The number of benzene rings is 1. The van der Waals surface area contributed by atoms with Crippen LogP contribution in [0.4, 0.5) is 16.2 Å². The molecule has 0 aliphatic carbocycles. The standard InChI is InChI=1S/C13H15FN4O/c1-2-6-16-11-8-12(18-13(15)17-11)19-10-5-3-4-9(14)7-10/h3-5,7-8H,2,6H2,1H3,(H3,15,16,17,18). The van der Waals surface area contributed by atoms with Crippen molar-refractivity contribution in [1.82, 2.24) is 9.97 Å². The zero-order valence-electron chi connectivity index (χ0n) is 10.6. The molecule has 6 heteroatoms. The molecule has 1 aromatic heterocycles. The SMILES string of the molecule is CCCNc1cc(Oc2cccc(F)c2)nc(N)n1. The lowest BCUT2D eigenvalue weighted by Gasteiger charge is -2.08. The van der Waals surface area contributed by atoms with Gasteiger partial charge in [0.25, 0.3) is 0 Å². The molecule has 5 nitrogen and oxygen atoms in total. The first-order valence-electron chi connectivity index (χ1n) is 5.99. The van der Waals surface area contributed by atoms with Crippen LogP contribution in [0.2, 0.25) is 0 Å². The average molecular weight is 262 g/mol. The number of hydrogen-bond acceptors (Lipinski definition) is 5. The number of nitrogens with zero attached hydrogens (tertiary/aromatic N) is 2. The summed E-state index contributed by atoms with van der Waals surface area (Å²) >= 11 is 0. The molecule has 100 valence electrons. The molecule has 0 amide bonds. The van der Waals surface area contributed by atoms with Crippen LogP contribution < -0.4 is 15.8 Å². The second-order valence-electron chi connectivity index (χ2n) is 3.94. The number of rotatable bonds is 5. The summed E-state index contributed by atoms with van der Waals surface area (Å²) in [6, 6.07) is 7.44. The molecule has 0 radical (unpaired) electrons. The number of anilines is 2. The molecule has 1 heterocycles. The van der Waals surface area contributed by atoms with Crippen molar-refractivity contribution >= 4 is 11.8 Å². The quantitative estimate of drug-likeness (QED) is 0.866. The zero-order chi connectivity index (χ0) is 13.7. The molecule has 0 aliphatic rings. The van der Waals surface area contributed by atoms with E-state index in [9.17, 15) is 4.39 Å². The molecule has 0 fully saturated rings. The van der Waals surface area contributed by atoms with Gasteiger partial charge < -0.3 is 15.8 Å². The number of halogens is 1. The molecule has 3 N–H and O–H groups in total. The van der Waals surface area contributed by atoms with Crippen molar-refractivity contribution < 1.29 is 9.13 Å². The van der Waals surface area contributed by atoms with E-state index < -0.39 is 0 Å². The predicted octanol–water partition coefficient (Wildman–Crippen LogP) is 2.81. The molecular formula is C13H15FN4O. The smallest absolute Gasteiger partial charge is 0.226 e. The van der Waals surface area contributed by atoms with Crippen LogP contribution in [0.3, 0.4) is 0 Å². The molecule has 0 aliphatic heterocycles. The van der Waals surface area contributed by atoms with Crippen LogP contribution in [0, 0.1) is 5.82 Å². The third-order valence-electron chi connectivity index (χ3n) is 2.29. The fourth-order valence-corrected chi connectivity index (χ4v) is 1.49. The fraction of sp³-hybridized carbons (Fsp3) is 0.231. The number of nitrogens with two attached hydrogens (primary N) is 1. The Morgan fingerprint density at radius 3 is 2.89 bits per heavy atom. The van der Waals surface area contributed by atoms with Crippen molar-refractivity contribution in [1.29, 1.82) is 0 Å². The highest BCUT2D eigenvalue weighted by Gasteiger charge is 2.05. The number of hydrogen-bond donors (Lipinski definition) is 2. The van der Waals surface area contributed by atoms with Gasteiger partial charge >= 0.3 is 0 Å². The Hall–Kier alpha value is -2.37. The van der Waals surface area contributed by atoms with Crippen molar-refractivity contribution in [2.45, 2.75) is 13.3 Å². The topological polar surface area (TPSA) is 73.1 Å². The van der Waals surface area contributed by atoms with Crippen LogP contribution in [0.5, 0.6) is 11.6 Å². The lowest BCUT2D eigenvalue weighted by molar-refractivity contribution is 0.458. The Bertz CT molecular complexity index is 562. The van der Waals surface area contributed by atoms with E-state index in [0.717, 1.165) is 13.0 Å². The molecular weight excluding hydrogens is 247 g/mol. The lowest BCUT2D eigenvalue weighted by Crippen LogP contribution is -2.05. The summed E-state index contributed by atoms with van der Waals surface area (Å²) in [5.41, 5.74) is 5.60. The van der Waals surface area contributed by atoms with Crippen LogP contribution in [0.1, 0.15) is 13.3 Å². The van der Waals surface area contributed by atoms with Crippen LogP contribution in [0.25, 0.3) is 0 Å². The predicted molar refractivity (Wildman–Crippen MR) is 71.7 cm³/mol. The van der Waals surface area contributed by atoms with Crippen molar-refractivity contribution in [2.24, 2.45) is 0 Å². The van der Waals surface area contributed by atoms with Crippen LogP contribution >= 0.6 is 0 Å². The molecule has 2 aromatic rings. The summed E-state index contributed by atoms with van der Waals surface area (Å²) < 4.78 is 18.5. The molecule has 1 aromatic carbocycles. The average Bonchev–Trinajstić information content (AvgIpc) is 2.35. The van der Waals surface area contributed by atoms with Crippen molar-refractivity contribution in [3.05, 3.63) is 36.1 Å². The van der Waals surface area contributed by atoms with Gasteiger partial charge in [-0.05, 0) is 18.6 Å². The second-order valence-corrected chi connectivity index (χ2v) is 3.94. The maximum atomic E-state index is 13.0. The minimum absolute atomic E-state index is 0.104. The second kappa shape index (κ2) is 5.99. The Kier molecular flexibility index (Phi) is 4.12. The van der Waals surface area contributed by atoms with E-state index >= 15 is 0 Å².